The summed E-state index contributed by atoms with van der Waals surface area (Å²) in [6.45, 7) is 2.64. The van der Waals surface area contributed by atoms with Gasteiger partial charge >= 0.3 is 5.97 Å². The monoisotopic (exact) mass is 281 g/mol. The maximum atomic E-state index is 11.7. The van der Waals surface area contributed by atoms with Crippen LogP contribution in [-0.4, -0.2) is 48.8 Å². The number of rotatable bonds is 3. The first-order chi connectivity index (χ1) is 9.54. The molecule has 1 unspecified atom stereocenters. The van der Waals surface area contributed by atoms with Crippen molar-refractivity contribution in [1.82, 2.24) is 4.98 Å². The largest absolute Gasteiger partial charge is 0.467 e. The summed E-state index contributed by atoms with van der Waals surface area (Å²) in [5, 5.41) is 11.0. The molecule has 0 N–H and O–H groups in total. The van der Waals surface area contributed by atoms with Crippen molar-refractivity contribution in [3.63, 3.8) is 0 Å². The number of aromatic nitrogens is 1. The number of esters is 1. The average Bonchev–Trinajstić information content (AvgIpc) is 2.46. The SMILES string of the molecule is COC(=O)C1COCCN1c1cc([N+](=O)[O-])c(C)cn1. The van der Waals surface area contributed by atoms with Crippen molar-refractivity contribution in [3.05, 3.63) is 27.9 Å². The Labute approximate surface area is 115 Å². The fraction of sp³-hybridized carbons (Fsp3) is 0.500. The molecule has 1 aliphatic rings. The summed E-state index contributed by atoms with van der Waals surface area (Å²) in [7, 11) is 1.29. The van der Waals surface area contributed by atoms with Gasteiger partial charge < -0.3 is 14.4 Å². The zero-order valence-corrected chi connectivity index (χ0v) is 11.2. The fourth-order valence-corrected chi connectivity index (χ4v) is 2.07. The maximum absolute atomic E-state index is 11.7. The molecule has 8 heteroatoms. The van der Waals surface area contributed by atoms with Crippen LogP contribution in [0.25, 0.3) is 0 Å². The minimum absolute atomic E-state index is 0.0230. The molecule has 2 rings (SSSR count). The minimum atomic E-state index is -0.636. The second kappa shape index (κ2) is 5.83. The molecule has 1 aromatic rings. The average molecular weight is 281 g/mol. The molecule has 1 saturated heterocycles. The first-order valence-corrected chi connectivity index (χ1v) is 6.08. The zero-order chi connectivity index (χ0) is 14.7. The van der Waals surface area contributed by atoms with Crippen LogP contribution in [-0.2, 0) is 14.3 Å². The van der Waals surface area contributed by atoms with Crippen molar-refractivity contribution in [3.8, 4) is 0 Å². The van der Waals surface area contributed by atoms with Crippen molar-refractivity contribution in [2.75, 3.05) is 31.8 Å². The molecule has 0 spiro atoms. The van der Waals surface area contributed by atoms with Gasteiger partial charge in [0, 0.05) is 18.3 Å². The van der Waals surface area contributed by atoms with Crippen LogP contribution >= 0.6 is 0 Å². The van der Waals surface area contributed by atoms with Gasteiger partial charge in [0.2, 0.25) is 0 Å². The summed E-state index contributed by atoms with van der Waals surface area (Å²) in [4.78, 5) is 28.1. The molecular weight excluding hydrogens is 266 g/mol. The Morgan fingerprint density at radius 3 is 3.05 bits per heavy atom. The Morgan fingerprint density at radius 2 is 2.40 bits per heavy atom. The minimum Gasteiger partial charge on any atom is -0.467 e. The first-order valence-electron chi connectivity index (χ1n) is 6.08. The van der Waals surface area contributed by atoms with Gasteiger partial charge in [-0.1, -0.05) is 0 Å². The van der Waals surface area contributed by atoms with Gasteiger partial charge in [-0.05, 0) is 6.92 Å². The number of carbonyl (C=O) groups excluding carboxylic acids is 1. The van der Waals surface area contributed by atoms with Gasteiger partial charge in [0.1, 0.15) is 5.82 Å². The van der Waals surface area contributed by atoms with E-state index in [4.69, 9.17) is 9.47 Å². The van der Waals surface area contributed by atoms with Gasteiger partial charge in [-0.15, -0.1) is 0 Å². The second-order valence-corrected chi connectivity index (χ2v) is 4.39. The van der Waals surface area contributed by atoms with Crippen LogP contribution in [0.2, 0.25) is 0 Å². The summed E-state index contributed by atoms with van der Waals surface area (Å²) in [6.07, 6.45) is 1.43. The third-order valence-corrected chi connectivity index (χ3v) is 3.15. The van der Waals surface area contributed by atoms with Crippen molar-refractivity contribution < 1.29 is 19.2 Å². The number of nitro groups is 1. The van der Waals surface area contributed by atoms with Gasteiger partial charge in [0.25, 0.3) is 5.69 Å². The molecule has 2 heterocycles. The molecular formula is C12H15N3O5. The van der Waals surface area contributed by atoms with Crippen LogP contribution in [0.3, 0.4) is 0 Å². The molecule has 0 amide bonds. The summed E-state index contributed by atoms with van der Waals surface area (Å²) >= 11 is 0. The molecule has 1 fully saturated rings. The molecule has 8 nitrogen and oxygen atoms in total. The predicted octanol–water partition coefficient (Wildman–Crippen LogP) is 0.676. The third kappa shape index (κ3) is 2.69. The summed E-state index contributed by atoms with van der Waals surface area (Å²) < 4.78 is 9.97. The number of methoxy groups -OCH3 is 1. The molecule has 108 valence electrons. The maximum Gasteiger partial charge on any atom is 0.330 e. The first kappa shape index (κ1) is 14.2. The van der Waals surface area contributed by atoms with E-state index in [-0.39, 0.29) is 12.3 Å². The van der Waals surface area contributed by atoms with Gasteiger partial charge in [-0.3, -0.25) is 10.1 Å². The van der Waals surface area contributed by atoms with Crippen molar-refractivity contribution in [1.29, 1.82) is 0 Å². The number of anilines is 1. The lowest BCUT2D eigenvalue weighted by molar-refractivity contribution is -0.385. The fourth-order valence-electron chi connectivity index (χ4n) is 2.07. The van der Waals surface area contributed by atoms with Crippen molar-refractivity contribution >= 4 is 17.5 Å². The lowest BCUT2D eigenvalue weighted by Gasteiger charge is -2.34. The Bertz CT molecular complexity index is 534. The molecule has 0 radical (unpaired) electrons. The summed E-state index contributed by atoms with van der Waals surface area (Å²) in [5.41, 5.74) is 0.451. The van der Waals surface area contributed by atoms with E-state index in [1.807, 2.05) is 0 Å². The normalized spacial score (nSPS) is 18.7. The Morgan fingerprint density at radius 1 is 1.65 bits per heavy atom. The number of hydrogen-bond acceptors (Lipinski definition) is 7. The van der Waals surface area contributed by atoms with Crippen LogP contribution in [0.1, 0.15) is 5.56 Å². The lowest BCUT2D eigenvalue weighted by Crippen LogP contribution is -2.51. The third-order valence-electron chi connectivity index (χ3n) is 3.15. The quantitative estimate of drug-likeness (QED) is 0.456. The van der Waals surface area contributed by atoms with Gasteiger partial charge in [-0.2, -0.15) is 0 Å². The summed E-state index contributed by atoms with van der Waals surface area (Å²) in [6, 6.07) is 0.736. The topological polar surface area (TPSA) is 94.8 Å². The van der Waals surface area contributed by atoms with E-state index in [1.165, 1.54) is 19.4 Å². The lowest BCUT2D eigenvalue weighted by atomic mass is 10.2. The van der Waals surface area contributed by atoms with E-state index in [9.17, 15) is 14.9 Å². The number of hydrogen-bond donors (Lipinski definition) is 0. The van der Waals surface area contributed by atoms with Crippen LogP contribution < -0.4 is 4.90 Å². The Balaban J connectivity index is 2.35. The smallest absolute Gasteiger partial charge is 0.330 e. The van der Waals surface area contributed by atoms with E-state index in [2.05, 4.69) is 4.98 Å². The molecule has 0 saturated carbocycles. The van der Waals surface area contributed by atoms with Crippen LogP contribution in [0.4, 0.5) is 11.5 Å². The summed E-state index contributed by atoms with van der Waals surface area (Å²) in [5.74, 6) is -0.0734. The number of carbonyl (C=O) groups is 1. The molecule has 0 bridgehead atoms. The van der Waals surface area contributed by atoms with Crippen molar-refractivity contribution in [2.24, 2.45) is 0 Å². The molecule has 1 aromatic heterocycles. The Kier molecular flexibility index (Phi) is 4.14. The number of aryl methyl sites for hydroxylation is 1. The van der Waals surface area contributed by atoms with Crippen LogP contribution in [0.15, 0.2) is 12.3 Å². The number of pyridine rings is 1. The van der Waals surface area contributed by atoms with E-state index >= 15 is 0 Å². The molecule has 1 aliphatic heterocycles. The van der Waals surface area contributed by atoms with E-state index < -0.39 is 16.9 Å². The molecule has 20 heavy (non-hydrogen) atoms. The highest BCUT2D eigenvalue weighted by atomic mass is 16.6. The van der Waals surface area contributed by atoms with Crippen LogP contribution in [0, 0.1) is 17.0 Å². The van der Waals surface area contributed by atoms with Gasteiger partial charge in [0.05, 0.1) is 31.3 Å². The number of nitrogens with zero attached hydrogens (tertiary/aromatic N) is 3. The van der Waals surface area contributed by atoms with E-state index in [0.29, 0.717) is 24.5 Å². The van der Waals surface area contributed by atoms with Gasteiger partial charge in [-0.25, -0.2) is 9.78 Å². The second-order valence-electron chi connectivity index (χ2n) is 4.39. The number of ether oxygens (including phenoxy) is 2. The van der Waals surface area contributed by atoms with Crippen LogP contribution in [0.5, 0.6) is 0 Å². The molecule has 0 aromatic carbocycles. The van der Waals surface area contributed by atoms with Crippen molar-refractivity contribution in [2.45, 2.75) is 13.0 Å². The zero-order valence-electron chi connectivity index (χ0n) is 11.2. The highest BCUT2D eigenvalue weighted by molar-refractivity contribution is 5.80. The predicted molar refractivity (Wildman–Crippen MR) is 69.6 cm³/mol. The Hall–Kier alpha value is -2.22. The number of morpholine rings is 1. The highest BCUT2D eigenvalue weighted by Crippen LogP contribution is 2.25. The van der Waals surface area contributed by atoms with E-state index in [0.717, 1.165) is 0 Å². The molecule has 0 aliphatic carbocycles. The van der Waals surface area contributed by atoms with E-state index in [1.54, 1.807) is 11.8 Å². The highest BCUT2D eigenvalue weighted by Gasteiger charge is 2.32. The standard InChI is InChI=1S/C12H15N3O5/c1-8-6-13-11(5-9(8)15(17)18)14-3-4-20-7-10(14)12(16)19-2/h5-6,10H,3-4,7H2,1-2H3. The molecule has 1 atom stereocenters. The van der Waals surface area contributed by atoms with Gasteiger partial charge in [0.15, 0.2) is 6.04 Å².